The Bertz CT molecular complexity index is 410. The Hall–Kier alpha value is -1.22. The number of hydrogen-bond donors (Lipinski definition) is 2. The second-order valence-electron chi connectivity index (χ2n) is 4.02. The first kappa shape index (κ1) is 10.3. The molecule has 0 atom stereocenters. The summed E-state index contributed by atoms with van der Waals surface area (Å²) in [7, 11) is 0. The highest BCUT2D eigenvalue weighted by atomic mass is 35.5. The zero-order valence-corrected chi connectivity index (χ0v) is 8.79. The Morgan fingerprint density at radius 1 is 1.47 bits per heavy atom. The molecule has 2 N–H and O–H groups in total. The number of carbonyl (C=O) groups is 1. The van der Waals surface area contributed by atoms with Gasteiger partial charge in [0, 0.05) is 5.41 Å². The number of aromatic hydroxyl groups is 1. The average molecular weight is 227 g/mol. The molecule has 0 aromatic heterocycles. The second-order valence-corrected chi connectivity index (χ2v) is 4.42. The van der Waals surface area contributed by atoms with Gasteiger partial charge in [-0.05, 0) is 30.5 Å². The van der Waals surface area contributed by atoms with Gasteiger partial charge in [-0.3, -0.25) is 4.79 Å². The topological polar surface area (TPSA) is 57.5 Å². The molecule has 4 heteroatoms. The fraction of sp³-hybridized carbons (Fsp3) is 0.364. The third-order valence-electron chi connectivity index (χ3n) is 2.90. The maximum absolute atomic E-state index is 10.7. The third-order valence-corrected chi connectivity index (χ3v) is 3.22. The van der Waals surface area contributed by atoms with E-state index in [4.69, 9.17) is 16.7 Å². The van der Waals surface area contributed by atoms with E-state index < -0.39 is 5.97 Å². The summed E-state index contributed by atoms with van der Waals surface area (Å²) < 4.78 is 0. The van der Waals surface area contributed by atoms with Gasteiger partial charge in [-0.2, -0.15) is 0 Å². The molecule has 80 valence electrons. The van der Waals surface area contributed by atoms with Crippen molar-refractivity contribution in [3.05, 3.63) is 28.8 Å². The Balaban J connectivity index is 2.29. The molecule has 2 rings (SSSR count). The van der Waals surface area contributed by atoms with Gasteiger partial charge < -0.3 is 10.2 Å². The Labute approximate surface area is 92.3 Å². The summed E-state index contributed by atoms with van der Waals surface area (Å²) in [6, 6.07) is 4.96. The highest BCUT2D eigenvalue weighted by Crippen LogP contribution is 2.52. The smallest absolute Gasteiger partial charge is 0.304 e. The summed E-state index contributed by atoms with van der Waals surface area (Å²) in [4.78, 5) is 10.7. The van der Waals surface area contributed by atoms with Gasteiger partial charge in [0.1, 0.15) is 5.75 Å². The molecule has 0 amide bonds. The molecular formula is C11H11ClO3. The van der Waals surface area contributed by atoms with Crippen molar-refractivity contribution in [2.75, 3.05) is 0 Å². The number of hydrogen-bond acceptors (Lipinski definition) is 2. The molecular weight excluding hydrogens is 216 g/mol. The predicted molar refractivity (Wildman–Crippen MR) is 56.3 cm³/mol. The zero-order valence-electron chi connectivity index (χ0n) is 8.03. The Morgan fingerprint density at radius 2 is 2.13 bits per heavy atom. The molecule has 0 aliphatic heterocycles. The summed E-state index contributed by atoms with van der Waals surface area (Å²) in [6.07, 6.45) is 1.84. The highest BCUT2D eigenvalue weighted by molar-refractivity contribution is 6.32. The van der Waals surface area contributed by atoms with Gasteiger partial charge in [-0.1, -0.05) is 17.7 Å². The maximum atomic E-state index is 10.7. The van der Waals surface area contributed by atoms with Crippen LogP contribution in [0.5, 0.6) is 5.75 Å². The lowest BCUT2D eigenvalue weighted by molar-refractivity contribution is -0.137. The van der Waals surface area contributed by atoms with Gasteiger partial charge in [0.05, 0.1) is 11.4 Å². The van der Waals surface area contributed by atoms with E-state index in [0.29, 0.717) is 5.02 Å². The fourth-order valence-corrected chi connectivity index (χ4v) is 1.97. The molecule has 1 aromatic carbocycles. The van der Waals surface area contributed by atoms with Crippen molar-refractivity contribution in [2.45, 2.75) is 24.7 Å². The van der Waals surface area contributed by atoms with Crippen molar-refractivity contribution >= 4 is 17.6 Å². The summed E-state index contributed by atoms with van der Waals surface area (Å²) in [5.41, 5.74) is 0.597. The van der Waals surface area contributed by atoms with E-state index in [1.54, 1.807) is 18.2 Å². The van der Waals surface area contributed by atoms with Crippen LogP contribution in [0.2, 0.25) is 5.02 Å². The molecule has 1 fully saturated rings. The molecule has 0 spiro atoms. The van der Waals surface area contributed by atoms with E-state index in [0.717, 1.165) is 18.4 Å². The van der Waals surface area contributed by atoms with E-state index in [2.05, 4.69) is 0 Å². The van der Waals surface area contributed by atoms with E-state index in [1.165, 1.54) is 0 Å². The van der Waals surface area contributed by atoms with E-state index in [1.807, 2.05) is 0 Å². The van der Waals surface area contributed by atoms with Crippen molar-refractivity contribution < 1.29 is 15.0 Å². The molecule has 0 saturated heterocycles. The van der Waals surface area contributed by atoms with Crippen LogP contribution >= 0.6 is 11.6 Å². The van der Waals surface area contributed by atoms with Crippen molar-refractivity contribution in [3.8, 4) is 5.75 Å². The van der Waals surface area contributed by atoms with Crippen LogP contribution in [0.25, 0.3) is 0 Å². The van der Waals surface area contributed by atoms with Crippen molar-refractivity contribution in [2.24, 2.45) is 0 Å². The van der Waals surface area contributed by atoms with Crippen LogP contribution in [0.1, 0.15) is 24.8 Å². The van der Waals surface area contributed by atoms with Crippen LogP contribution in [0.15, 0.2) is 18.2 Å². The molecule has 1 aliphatic carbocycles. The van der Waals surface area contributed by atoms with Gasteiger partial charge in [0.25, 0.3) is 0 Å². The van der Waals surface area contributed by atoms with Crippen LogP contribution in [0, 0.1) is 0 Å². The minimum Gasteiger partial charge on any atom is -0.506 e. The highest BCUT2D eigenvalue weighted by Gasteiger charge is 2.46. The molecule has 0 unspecified atom stereocenters. The first-order chi connectivity index (χ1) is 7.03. The predicted octanol–water partition coefficient (Wildman–Crippen LogP) is 2.55. The van der Waals surface area contributed by atoms with Gasteiger partial charge in [0.15, 0.2) is 0 Å². The van der Waals surface area contributed by atoms with Gasteiger partial charge in [0.2, 0.25) is 0 Å². The van der Waals surface area contributed by atoms with Crippen LogP contribution in [0.4, 0.5) is 0 Å². The first-order valence-corrected chi connectivity index (χ1v) is 5.12. The minimum atomic E-state index is -0.804. The number of phenolic OH excluding ortho intramolecular Hbond substituents is 1. The third kappa shape index (κ3) is 1.92. The monoisotopic (exact) mass is 226 g/mol. The van der Waals surface area contributed by atoms with E-state index in [-0.39, 0.29) is 17.6 Å². The quantitative estimate of drug-likeness (QED) is 0.833. The average Bonchev–Trinajstić information content (AvgIpc) is 2.89. The molecule has 15 heavy (non-hydrogen) atoms. The lowest BCUT2D eigenvalue weighted by atomic mass is 9.92. The molecule has 1 saturated carbocycles. The van der Waals surface area contributed by atoms with Crippen molar-refractivity contribution in [1.82, 2.24) is 0 Å². The lowest BCUT2D eigenvalue weighted by Gasteiger charge is -2.13. The minimum absolute atomic E-state index is 0.0193. The molecule has 0 bridgehead atoms. The number of halogens is 1. The lowest BCUT2D eigenvalue weighted by Crippen LogP contribution is -2.12. The molecule has 1 aliphatic rings. The summed E-state index contributed by atoms with van der Waals surface area (Å²) in [5, 5.41) is 18.5. The van der Waals surface area contributed by atoms with E-state index in [9.17, 15) is 9.90 Å². The fourth-order valence-electron chi connectivity index (χ4n) is 1.85. The van der Waals surface area contributed by atoms with Crippen LogP contribution in [0.3, 0.4) is 0 Å². The Kier molecular flexibility index (Phi) is 2.35. The van der Waals surface area contributed by atoms with Crippen LogP contribution < -0.4 is 0 Å². The van der Waals surface area contributed by atoms with Gasteiger partial charge >= 0.3 is 5.97 Å². The standard InChI is InChI=1S/C11H11ClO3/c12-8-2-1-7(5-9(8)13)11(3-4-11)6-10(14)15/h1-2,5,13H,3-4,6H2,(H,14,15). The summed E-state index contributed by atoms with van der Waals surface area (Å²) >= 11 is 5.69. The van der Waals surface area contributed by atoms with Crippen LogP contribution in [-0.4, -0.2) is 16.2 Å². The number of aliphatic carboxylic acids is 1. The van der Waals surface area contributed by atoms with Gasteiger partial charge in [-0.25, -0.2) is 0 Å². The molecule has 0 heterocycles. The summed E-state index contributed by atoms with van der Waals surface area (Å²) in [6.45, 7) is 0. The first-order valence-electron chi connectivity index (χ1n) is 4.74. The number of carboxylic acid groups (broad SMARTS) is 1. The van der Waals surface area contributed by atoms with Gasteiger partial charge in [-0.15, -0.1) is 0 Å². The SMILES string of the molecule is O=C(O)CC1(c2ccc(Cl)c(O)c2)CC1. The zero-order chi connectivity index (χ0) is 11.1. The van der Waals surface area contributed by atoms with Crippen molar-refractivity contribution in [1.29, 1.82) is 0 Å². The largest absolute Gasteiger partial charge is 0.506 e. The second kappa shape index (κ2) is 3.42. The number of carboxylic acids is 1. The van der Waals surface area contributed by atoms with E-state index >= 15 is 0 Å². The number of phenols is 1. The summed E-state index contributed by atoms with van der Waals surface area (Å²) in [5.74, 6) is -0.784. The molecule has 0 radical (unpaired) electrons. The number of benzene rings is 1. The van der Waals surface area contributed by atoms with Crippen LogP contribution in [-0.2, 0) is 10.2 Å². The van der Waals surface area contributed by atoms with Crippen molar-refractivity contribution in [3.63, 3.8) is 0 Å². The number of rotatable bonds is 3. The molecule has 3 nitrogen and oxygen atoms in total. The molecule has 1 aromatic rings. The Morgan fingerprint density at radius 3 is 2.60 bits per heavy atom. The normalized spacial score (nSPS) is 17.4. The maximum Gasteiger partial charge on any atom is 0.304 e.